The highest BCUT2D eigenvalue weighted by Gasteiger charge is 2.36. The van der Waals surface area contributed by atoms with E-state index < -0.39 is 0 Å². The molecule has 1 aromatic carbocycles. The number of carbonyl (C=O) groups is 1. The summed E-state index contributed by atoms with van der Waals surface area (Å²) in [4.78, 5) is 14.6. The van der Waals surface area contributed by atoms with Gasteiger partial charge in [-0.15, -0.1) is 0 Å². The number of aromatic nitrogens is 2. The highest BCUT2D eigenvalue weighted by atomic mass is 79.9. The molecule has 0 aliphatic carbocycles. The second kappa shape index (κ2) is 6.09. The van der Waals surface area contributed by atoms with Crippen LogP contribution in [0.15, 0.2) is 41.0 Å². The number of amides is 1. The molecule has 6 heteroatoms. The first kappa shape index (κ1) is 16.2. The van der Waals surface area contributed by atoms with Gasteiger partial charge in [0.2, 0.25) is 0 Å². The molecule has 23 heavy (non-hydrogen) atoms. The van der Waals surface area contributed by atoms with Crippen LogP contribution in [-0.2, 0) is 0 Å². The Morgan fingerprint density at radius 1 is 1.39 bits per heavy atom. The van der Waals surface area contributed by atoms with Crippen molar-refractivity contribution in [1.29, 1.82) is 0 Å². The molecular formula is C17H21BrN4O. The van der Waals surface area contributed by atoms with Gasteiger partial charge in [-0.1, -0.05) is 35.8 Å². The third kappa shape index (κ3) is 3.33. The van der Waals surface area contributed by atoms with E-state index in [0.29, 0.717) is 18.8 Å². The van der Waals surface area contributed by atoms with Gasteiger partial charge in [0.1, 0.15) is 0 Å². The maximum atomic E-state index is 12.7. The van der Waals surface area contributed by atoms with Crippen LogP contribution in [-0.4, -0.2) is 39.7 Å². The summed E-state index contributed by atoms with van der Waals surface area (Å²) in [6.45, 7) is 5.57. The molecule has 2 heterocycles. The lowest BCUT2D eigenvalue weighted by Crippen LogP contribution is -2.54. The SMILES string of the molecule is CC1(C)CN(C(=O)c2ccn(-c3cccc(Br)c3)n2)CCC1N. The van der Waals surface area contributed by atoms with Crippen LogP contribution in [0.25, 0.3) is 5.69 Å². The van der Waals surface area contributed by atoms with Crippen LogP contribution >= 0.6 is 15.9 Å². The van der Waals surface area contributed by atoms with Crippen LogP contribution in [0, 0.1) is 5.41 Å². The number of rotatable bonds is 2. The lowest BCUT2D eigenvalue weighted by Gasteiger charge is -2.42. The zero-order valence-corrected chi connectivity index (χ0v) is 15.0. The Bertz CT molecular complexity index is 725. The van der Waals surface area contributed by atoms with Gasteiger partial charge in [0, 0.05) is 29.8 Å². The number of likely N-dealkylation sites (tertiary alicyclic amines) is 1. The average Bonchev–Trinajstić information content (AvgIpc) is 2.99. The first-order valence-electron chi connectivity index (χ1n) is 7.73. The van der Waals surface area contributed by atoms with E-state index >= 15 is 0 Å². The molecular weight excluding hydrogens is 356 g/mol. The van der Waals surface area contributed by atoms with Crippen LogP contribution in [0.5, 0.6) is 0 Å². The first-order chi connectivity index (χ1) is 10.9. The second-order valence-electron chi connectivity index (χ2n) is 6.74. The fraction of sp³-hybridized carbons (Fsp3) is 0.412. The van der Waals surface area contributed by atoms with Crippen LogP contribution in [0.1, 0.15) is 30.8 Å². The lowest BCUT2D eigenvalue weighted by molar-refractivity contribution is 0.0527. The van der Waals surface area contributed by atoms with Crippen molar-refractivity contribution >= 4 is 21.8 Å². The number of halogens is 1. The predicted octanol–water partition coefficient (Wildman–Crippen LogP) is 2.83. The maximum absolute atomic E-state index is 12.7. The van der Waals surface area contributed by atoms with Crippen molar-refractivity contribution in [1.82, 2.24) is 14.7 Å². The highest BCUT2D eigenvalue weighted by Crippen LogP contribution is 2.28. The summed E-state index contributed by atoms with van der Waals surface area (Å²) in [5, 5.41) is 4.44. The maximum Gasteiger partial charge on any atom is 0.274 e. The summed E-state index contributed by atoms with van der Waals surface area (Å²) in [5.74, 6) is -0.0290. The molecule has 1 fully saturated rings. The van der Waals surface area contributed by atoms with Crippen LogP contribution in [0.2, 0.25) is 0 Å². The molecule has 1 atom stereocenters. The van der Waals surface area contributed by atoms with Crippen molar-refractivity contribution in [2.24, 2.45) is 11.1 Å². The van der Waals surface area contributed by atoms with Gasteiger partial charge in [-0.2, -0.15) is 5.10 Å². The molecule has 1 aliphatic heterocycles. The Balaban J connectivity index is 1.79. The molecule has 0 bridgehead atoms. The van der Waals surface area contributed by atoms with Gasteiger partial charge in [0.15, 0.2) is 5.69 Å². The third-order valence-electron chi connectivity index (χ3n) is 4.48. The van der Waals surface area contributed by atoms with Gasteiger partial charge in [0.25, 0.3) is 5.91 Å². The predicted molar refractivity (Wildman–Crippen MR) is 93.5 cm³/mol. The molecule has 5 nitrogen and oxygen atoms in total. The van der Waals surface area contributed by atoms with Gasteiger partial charge in [-0.05, 0) is 36.1 Å². The Morgan fingerprint density at radius 2 is 2.17 bits per heavy atom. The zero-order valence-electron chi connectivity index (χ0n) is 13.4. The quantitative estimate of drug-likeness (QED) is 0.876. The molecule has 0 radical (unpaired) electrons. The molecule has 1 aromatic heterocycles. The molecule has 2 N–H and O–H groups in total. The summed E-state index contributed by atoms with van der Waals surface area (Å²) in [6, 6.07) is 9.71. The van der Waals surface area contributed by atoms with E-state index in [-0.39, 0.29) is 17.4 Å². The minimum atomic E-state index is -0.0687. The van der Waals surface area contributed by atoms with Gasteiger partial charge in [-0.25, -0.2) is 4.68 Å². The normalized spacial score (nSPS) is 20.5. The summed E-state index contributed by atoms with van der Waals surface area (Å²) in [5.41, 5.74) is 7.46. The monoisotopic (exact) mass is 376 g/mol. The molecule has 1 saturated heterocycles. The molecule has 1 amide bonds. The molecule has 1 unspecified atom stereocenters. The fourth-order valence-electron chi connectivity index (χ4n) is 2.91. The Labute approximate surface area is 144 Å². The number of carbonyl (C=O) groups excluding carboxylic acids is 1. The molecule has 0 saturated carbocycles. The minimum absolute atomic E-state index is 0.0290. The van der Waals surface area contributed by atoms with Crippen molar-refractivity contribution in [3.8, 4) is 5.69 Å². The molecule has 3 rings (SSSR count). The van der Waals surface area contributed by atoms with Crippen molar-refractivity contribution in [3.05, 3.63) is 46.7 Å². The Morgan fingerprint density at radius 3 is 2.87 bits per heavy atom. The first-order valence-corrected chi connectivity index (χ1v) is 8.52. The number of hydrogen-bond acceptors (Lipinski definition) is 3. The number of nitrogens with two attached hydrogens (primary N) is 1. The van der Waals surface area contributed by atoms with Gasteiger partial charge < -0.3 is 10.6 Å². The summed E-state index contributed by atoms with van der Waals surface area (Å²) in [7, 11) is 0. The van der Waals surface area contributed by atoms with E-state index in [0.717, 1.165) is 16.6 Å². The third-order valence-corrected chi connectivity index (χ3v) is 4.97. The molecule has 122 valence electrons. The van der Waals surface area contributed by atoms with Gasteiger partial charge in [0.05, 0.1) is 5.69 Å². The number of hydrogen-bond donors (Lipinski definition) is 1. The largest absolute Gasteiger partial charge is 0.337 e. The smallest absolute Gasteiger partial charge is 0.274 e. The topological polar surface area (TPSA) is 64.2 Å². The van der Waals surface area contributed by atoms with Crippen LogP contribution in [0.4, 0.5) is 0 Å². The van der Waals surface area contributed by atoms with E-state index in [1.165, 1.54) is 0 Å². The molecule has 1 aliphatic rings. The van der Waals surface area contributed by atoms with Crippen molar-refractivity contribution in [3.63, 3.8) is 0 Å². The van der Waals surface area contributed by atoms with Gasteiger partial charge in [-0.3, -0.25) is 4.79 Å². The van der Waals surface area contributed by atoms with Crippen LogP contribution in [0.3, 0.4) is 0 Å². The van der Waals surface area contributed by atoms with E-state index in [4.69, 9.17) is 5.73 Å². The van der Waals surface area contributed by atoms with E-state index in [1.807, 2.05) is 35.4 Å². The van der Waals surface area contributed by atoms with Crippen molar-refractivity contribution in [2.45, 2.75) is 26.3 Å². The summed E-state index contributed by atoms with van der Waals surface area (Å²) in [6.07, 6.45) is 2.64. The number of nitrogens with zero attached hydrogens (tertiary/aromatic N) is 3. The van der Waals surface area contributed by atoms with E-state index in [9.17, 15) is 4.79 Å². The Hall–Kier alpha value is -1.66. The molecule has 2 aromatic rings. The van der Waals surface area contributed by atoms with Crippen molar-refractivity contribution < 1.29 is 4.79 Å². The lowest BCUT2D eigenvalue weighted by atomic mass is 9.79. The minimum Gasteiger partial charge on any atom is -0.337 e. The summed E-state index contributed by atoms with van der Waals surface area (Å²) >= 11 is 3.45. The van der Waals surface area contributed by atoms with Crippen molar-refractivity contribution in [2.75, 3.05) is 13.1 Å². The fourth-order valence-corrected chi connectivity index (χ4v) is 3.30. The van der Waals surface area contributed by atoms with E-state index in [1.54, 1.807) is 10.7 Å². The summed E-state index contributed by atoms with van der Waals surface area (Å²) < 4.78 is 2.70. The number of piperidine rings is 1. The van der Waals surface area contributed by atoms with E-state index in [2.05, 4.69) is 34.9 Å². The van der Waals surface area contributed by atoms with Crippen LogP contribution < -0.4 is 5.73 Å². The zero-order chi connectivity index (χ0) is 16.6. The Kier molecular flexibility index (Phi) is 4.29. The highest BCUT2D eigenvalue weighted by molar-refractivity contribution is 9.10. The molecule has 0 spiro atoms. The standard InChI is InChI=1S/C17H21BrN4O/c1-17(2)11-21(8-7-15(17)19)16(23)14-6-9-22(20-14)13-5-3-4-12(18)10-13/h3-6,9-10,15H,7-8,11,19H2,1-2H3. The second-order valence-corrected chi connectivity index (χ2v) is 7.65. The number of benzene rings is 1. The average molecular weight is 377 g/mol. The van der Waals surface area contributed by atoms with Gasteiger partial charge >= 0.3 is 0 Å².